The molecule has 0 radical (unpaired) electrons. The van der Waals surface area contributed by atoms with Crippen LogP contribution in [0.1, 0.15) is 22.3 Å². The number of hydrogen-bond donors (Lipinski definition) is 2. The van der Waals surface area contributed by atoms with Crippen LogP contribution in [0.2, 0.25) is 0 Å². The number of hydrogen-bond acceptors (Lipinski definition) is 5. The zero-order valence-corrected chi connectivity index (χ0v) is 14.1. The topological polar surface area (TPSA) is 86.5 Å². The molecule has 0 fully saturated rings. The fourth-order valence-electron chi connectivity index (χ4n) is 2.73. The summed E-state index contributed by atoms with van der Waals surface area (Å²) in [5.74, 6) is -1.45. The van der Waals surface area contributed by atoms with Gasteiger partial charge in [-0.25, -0.2) is 17.6 Å². The predicted molar refractivity (Wildman–Crippen MR) is 92.5 cm³/mol. The van der Waals surface area contributed by atoms with E-state index in [-0.39, 0.29) is 17.9 Å². The Bertz CT molecular complexity index is 925. The van der Waals surface area contributed by atoms with E-state index in [0.29, 0.717) is 28.8 Å². The lowest BCUT2D eigenvalue weighted by atomic mass is 9.95. The summed E-state index contributed by atoms with van der Waals surface area (Å²) >= 11 is 0. The van der Waals surface area contributed by atoms with Gasteiger partial charge in [0.1, 0.15) is 23.1 Å². The maximum atomic E-state index is 14.2. The minimum Gasteiger partial charge on any atom is -0.457 e. The van der Waals surface area contributed by atoms with Crippen LogP contribution in [0.3, 0.4) is 0 Å². The molecule has 1 aliphatic heterocycles. The van der Waals surface area contributed by atoms with Gasteiger partial charge in [-0.2, -0.15) is 0 Å². The van der Waals surface area contributed by atoms with Crippen LogP contribution in [0.5, 0.6) is 0 Å². The van der Waals surface area contributed by atoms with E-state index in [0.717, 1.165) is 5.56 Å². The molecule has 0 atom stereocenters. The quantitative estimate of drug-likeness (QED) is 0.627. The first-order valence-electron chi connectivity index (χ1n) is 7.60. The summed E-state index contributed by atoms with van der Waals surface area (Å²) in [6, 6.07) is 11.4. The largest absolute Gasteiger partial charge is 0.457 e. The van der Waals surface area contributed by atoms with E-state index in [1.54, 1.807) is 18.2 Å². The highest BCUT2D eigenvalue weighted by Gasteiger charge is 2.27. The van der Waals surface area contributed by atoms with Crippen LogP contribution < -0.4 is 5.73 Å². The highest BCUT2D eigenvalue weighted by molar-refractivity contribution is 7.71. The molecule has 5 nitrogen and oxygen atoms in total. The number of esters is 1. The van der Waals surface area contributed by atoms with Crippen molar-refractivity contribution in [2.45, 2.75) is 12.3 Å². The fraction of sp³-hybridized carbons (Fsp3) is 0.167. The van der Waals surface area contributed by atoms with Crippen molar-refractivity contribution in [3.8, 4) is 0 Å². The molecule has 2 aromatic rings. The van der Waals surface area contributed by atoms with Crippen molar-refractivity contribution in [2.75, 3.05) is 6.61 Å². The van der Waals surface area contributed by atoms with E-state index < -0.39 is 22.5 Å². The second kappa shape index (κ2) is 7.16. The van der Waals surface area contributed by atoms with Crippen molar-refractivity contribution in [3.63, 3.8) is 0 Å². The lowest BCUT2D eigenvalue weighted by molar-refractivity contribution is -0.133. The molecule has 0 aromatic heterocycles. The van der Waals surface area contributed by atoms with E-state index >= 15 is 0 Å². The predicted octanol–water partition coefficient (Wildman–Crippen LogP) is 1.86. The van der Waals surface area contributed by atoms with Gasteiger partial charge >= 0.3 is 5.97 Å². The smallest absolute Gasteiger partial charge is 0.339 e. The van der Waals surface area contributed by atoms with Crippen LogP contribution in [0.15, 0.2) is 42.5 Å². The number of carbonyl (C=O) groups is 1. The number of carbonyl (C=O) groups excluding carboxylic acids is 1. The van der Waals surface area contributed by atoms with Crippen molar-refractivity contribution in [1.82, 2.24) is 0 Å². The number of ether oxygens (including phenoxy) is 1. The molecule has 1 aliphatic rings. The maximum absolute atomic E-state index is 14.2. The molecule has 7 heteroatoms. The first-order chi connectivity index (χ1) is 12.0. The highest BCUT2D eigenvalue weighted by atomic mass is 32.2. The van der Waals surface area contributed by atoms with E-state index in [1.165, 1.54) is 12.1 Å². The minimum absolute atomic E-state index is 0.0431. The van der Waals surface area contributed by atoms with E-state index in [9.17, 15) is 17.6 Å². The molecular formula is C18H16FNO4S. The number of halogens is 1. The van der Waals surface area contributed by atoms with Gasteiger partial charge in [-0.05, 0) is 22.8 Å². The van der Waals surface area contributed by atoms with Crippen LogP contribution in [-0.4, -0.2) is 21.0 Å². The summed E-state index contributed by atoms with van der Waals surface area (Å²) in [7, 11) is -2.71. The zero-order chi connectivity index (χ0) is 18.0. The Balaban J connectivity index is 2.04. The molecule has 130 valence electrons. The normalized spacial score (nSPS) is 14.3. The van der Waals surface area contributed by atoms with E-state index in [4.69, 9.17) is 10.5 Å². The average Bonchev–Trinajstić information content (AvgIpc) is 2.98. The molecule has 2 N–H and O–H groups in total. The Morgan fingerprint density at radius 1 is 1.08 bits per heavy atom. The first kappa shape index (κ1) is 17.3. The molecule has 0 aliphatic carbocycles. The van der Waals surface area contributed by atoms with Gasteiger partial charge in [0.05, 0.1) is 11.3 Å². The second-order valence-electron chi connectivity index (χ2n) is 5.63. The standard InChI is InChI=1S/C18H16FNO4S/c19-16-7-13(5-6-14(16)10-25(22)23)15-9-24-18(21)17(15)12-3-1-11(8-20)2-4-12/h1-7,25H,8-10,20H2. The summed E-state index contributed by atoms with van der Waals surface area (Å²) in [6.45, 7) is 0.437. The average molecular weight is 361 g/mol. The maximum Gasteiger partial charge on any atom is 0.339 e. The van der Waals surface area contributed by atoms with Crippen LogP contribution in [0, 0.1) is 5.82 Å². The lowest BCUT2D eigenvalue weighted by Gasteiger charge is -2.07. The van der Waals surface area contributed by atoms with Crippen LogP contribution in [0.25, 0.3) is 11.1 Å². The summed E-state index contributed by atoms with van der Waals surface area (Å²) in [4.78, 5) is 12.1. The fourth-order valence-corrected chi connectivity index (χ4v) is 3.27. The Hall–Kier alpha value is -2.51. The minimum atomic E-state index is -2.71. The van der Waals surface area contributed by atoms with Crippen molar-refractivity contribution in [1.29, 1.82) is 0 Å². The van der Waals surface area contributed by atoms with Crippen LogP contribution in [-0.2, 0) is 32.5 Å². The molecule has 0 bridgehead atoms. The Kier molecular flexibility index (Phi) is 4.96. The summed E-state index contributed by atoms with van der Waals surface area (Å²) in [5.41, 5.74) is 8.71. The van der Waals surface area contributed by atoms with E-state index in [1.807, 2.05) is 12.1 Å². The number of rotatable bonds is 5. The number of cyclic esters (lactones) is 1. The molecular weight excluding hydrogens is 345 g/mol. The summed E-state index contributed by atoms with van der Waals surface area (Å²) < 4.78 is 40.8. The number of thiol groups is 1. The molecule has 25 heavy (non-hydrogen) atoms. The molecule has 1 heterocycles. The summed E-state index contributed by atoms with van der Waals surface area (Å²) in [6.07, 6.45) is 0. The lowest BCUT2D eigenvalue weighted by Crippen LogP contribution is -2.00. The highest BCUT2D eigenvalue weighted by Crippen LogP contribution is 2.33. The molecule has 2 aromatic carbocycles. The van der Waals surface area contributed by atoms with Gasteiger partial charge in [-0.15, -0.1) is 0 Å². The van der Waals surface area contributed by atoms with Gasteiger partial charge in [0, 0.05) is 17.7 Å². The van der Waals surface area contributed by atoms with Crippen molar-refractivity contribution in [3.05, 3.63) is 70.5 Å². The van der Waals surface area contributed by atoms with Crippen LogP contribution >= 0.6 is 0 Å². The third kappa shape index (κ3) is 3.62. The van der Waals surface area contributed by atoms with Crippen molar-refractivity contribution in [2.24, 2.45) is 5.73 Å². The molecule has 0 spiro atoms. The molecule has 0 saturated heterocycles. The molecule has 0 unspecified atom stereocenters. The van der Waals surface area contributed by atoms with Gasteiger partial charge in [0.15, 0.2) is 0 Å². The van der Waals surface area contributed by atoms with Gasteiger partial charge in [0.2, 0.25) is 0 Å². The third-order valence-corrected chi connectivity index (χ3v) is 4.63. The van der Waals surface area contributed by atoms with Crippen LogP contribution in [0.4, 0.5) is 4.39 Å². The van der Waals surface area contributed by atoms with Gasteiger partial charge in [-0.1, -0.05) is 36.4 Å². The first-order valence-corrected chi connectivity index (χ1v) is 8.96. The van der Waals surface area contributed by atoms with Gasteiger partial charge in [-0.3, -0.25) is 0 Å². The summed E-state index contributed by atoms with van der Waals surface area (Å²) in [5, 5.41) is 0. The number of nitrogens with two attached hydrogens (primary N) is 1. The van der Waals surface area contributed by atoms with Gasteiger partial charge < -0.3 is 10.5 Å². The molecule has 3 rings (SSSR count). The number of benzene rings is 2. The second-order valence-corrected chi connectivity index (χ2v) is 6.61. The Labute approximate surface area is 145 Å². The van der Waals surface area contributed by atoms with Crippen molar-refractivity contribution < 1.29 is 22.3 Å². The Morgan fingerprint density at radius 2 is 1.76 bits per heavy atom. The van der Waals surface area contributed by atoms with Crippen molar-refractivity contribution >= 4 is 27.8 Å². The van der Waals surface area contributed by atoms with Gasteiger partial charge in [0.25, 0.3) is 0 Å². The third-order valence-electron chi connectivity index (χ3n) is 4.03. The molecule has 0 amide bonds. The zero-order valence-electron chi connectivity index (χ0n) is 13.2. The SMILES string of the molecule is NCc1ccc(C2=C(c3ccc(C[SH](=O)=O)c(F)c3)COC2=O)cc1. The Morgan fingerprint density at radius 3 is 2.36 bits per heavy atom. The monoisotopic (exact) mass is 361 g/mol. The van der Waals surface area contributed by atoms with E-state index in [2.05, 4.69) is 0 Å². The molecule has 0 saturated carbocycles.